The number of carbonyl (C=O) groups excluding carboxylic acids is 1. The minimum Gasteiger partial charge on any atom is -0.444 e. The molecule has 1 heterocycles. The zero-order valence-electron chi connectivity index (χ0n) is 16.9. The van der Waals surface area contributed by atoms with Crippen molar-refractivity contribution in [1.82, 2.24) is 15.5 Å². The first-order valence-electron chi connectivity index (χ1n) is 9.07. The van der Waals surface area contributed by atoms with Gasteiger partial charge in [-0.2, -0.15) is 0 Å². The Bertz CT molecular complexity index is 454. The normalized spacial score (nSPS) is 22.4. The first-order chi connectivity index (χ1) is 11.5. The van der Waals surface area contributed by atoms with Gasteiger partial charge in [-0.15, -0.1) is 0 Å². The quantitative estimate of drug-likeness (QED) is 0.564. The van der Waals surface area contributed by atoms with Crippen LogP contribution in [0, 0.1) is 5.92 Å². The van der Waals surface area contributed by atoms with Crippen molar-refractivity contribution in [2.45, 2.75) is 58.7 Å². The number of rotatable bonds is 6. The van der Waals surface area contributed by atoms with Crippen molar-refractivity contribution in [3.63, 3.8) is 0 Å². The SMILES string of the molecule is CN=C(NCC(C)CN(C)C(=O)OC(C)(C)C)NCC1(C)CCCO1. The molecule has 0 aromatic carbocycles. The average molecular weight is 357 g/mol. The van der Waals surface area contributed by atoms with Crippen molar-refractivity contribution < 1.29 is 14.3 Å². The molecule has 2 N–H and O–H groups in total. The number of hydrogen-bond donors (Lipinski definition) is 2. The summed E-state index contributed by atoms with van der Waals surface area (Å²) in [4.78, 5) is 17.9. The predicted octanol–water partition coefficient (Wildman–Crippen LogP) is 2.22. The first kappa shape index (κ1) is 21.5. The molecule has 1 saturated heterocycles. The fourth-order valence-corrected chi connectivity index (χ4v) is 2.68. The highest BCUT2D eigenvalue weighted by atomic mass is 16.6. The molecular formula is C18H36N4O3. The number of nitrogens with zero attached hydrogens (tertiary/aromatic N) is 2. The van der Waals surface area contributed by atoms with Crippen molar-refractivity contribution in [2.75, 3.05) is 40.3 Å². The summed E-state index contributed by atoms with van der Waals surface area (Å²) in [6.45, 7) is 12.7. The number of carbonyl (C=O) groups is 1. The van der Waals surface area contributed by atoms with Crippen LogP contribution in [0.1, 0.15) is 47.5 Å². The van der Waals surface area contributed by atoms with Crippen LogP contribution in [0.3, 0.4) is 0 Å². The maximum atomic E-state index is 12.0. The highest BCUT2D eigenvalue weighted by molar-refractivity contribution is 5.79. The molecule has 146 valence electrons. The molecule has 0 bridgehead atoms. The van der Waals surface area contributed by atoms with E-state index in [0.29, 0.717) is 13.1 Å². The van der Waals surface area contributed by atoms with Gasteiger partial charge >= 0.3 is 6.09 Å². The van der Waals surface area contributed by atoms with Crippen molar-refractivity contribution >= 4 is 12.1 Å². The molecule has 1 aliphatic heterocycles. The van der Waals surface area contributed by atoms with Gasteiger partial charge in [0.25, 0.3) is 0 Å². The van der Waals surface area contributed by atoms with E-state index in [1.807, 2.05) is 20.8 Å². The molecule has 1 rings (SSSR count). The van der Waals surface area contributed by atoms with Gasteiger partial charge in [-0.25, -0.2) is 4.79 Å². The van der Waals surface area contributed by atoms with E-state index < -0.39 is 5.60 Å². The molecule has 1 amide bonds. The summed E-state index contributed by atoms with van der Waals surface area (Å²) in [6.07, 6.45) is 1.87. The van der Waals surface area contributed by atoms with Crippen LogP contribution in [0.15, 0.2) is 4.99 Å². The predicted molar refractivity (Wildman–Crippen MR) is 101 cm³/mol. The molecule has 1 fully saturated rings. The second kappa shape index (κ2) is 9.27. The third-order valence-electron chi connectivity index (χ3n) is 4.06. The second-order valence-corrected chi connectivity index (χ2v) is 8.17. The number of hydrogen-bond acceptors (Lipinski definition) is 4. The maximum Gasteiger partial charge on any atom is 0.410 e. The number of aliphatic imine (C=N–C) groups is 1. The molecule has 2 unspecified atom stereocenters. The Morgan fingerprint density at radius 2 is 2.08 bits per heavy atom. The van der Waals surface area contributed by atoms with Crippen molar-refractivity contribution in [2.24, 2.45) is 10.9 Å². The Kier molecular flexibility index (Phi) is 7.99. The summed E-state index contributed by atoms with van der Waals surface area (Å²) in [7, 11) is 3.51. The Hall–Kier alpha value is -1.50. The lowest BCUT2D eigenvalue weighted by Gasteiger charge is -2.27. The fraction of sp³-hybridized carbons (Fsp3) is 0.889. The summed E-state index contributed by atoms with van der Waals surface area (Å²) in [5.74, 6) is 1.01. The molecule has 0 aliphatic carbocycles. The van der Waals surface area contributed by atoms with Crippen LogP contribution in [0.2, 0.25) is 0 Å². The van der Waals surface area contributed by atoms with Crippen molar-refractivity contribution in [1.29, 1.82) is 0 Å². The highest BCUT2D eigenvalue weighted by Gasteiger charge is 2.29. The van der Waals surface area contributed by atoms with E-state index in [0.717, 1.165) is 32.0 Å². The number of guanidine groups is 1. The Morgan fingerprint density at radius 1 is 1.40 bits per heavy atom. The van der Waals surface area contributed by atoms with Crippen LogP contribution in [0.25, 0.3) is 0 Å². The largest absolute Gasteiger partial charge is 0.444 e. The van der Waals surface area contributed by atoms with Crippen LogP contribution in [0.5, 0.6) is 0 Å². The standard InChI is InChI=1S/C18H36N4O3/c1-14(12-22(7)16(23)25-17(2,3)4)11-20-15(19-6)21-13-18(5)9-8-10-24-18/h14H,8-13H2,1-7H3,(H2,19,20,21). The second-order valence-electron chi connectivity index (χ2n) is 8.17. The van der Waals surface area contributed by atoms with Gasteiger partial charge in [-0.05, 0) is 46.5 Å². The smallest absolute Gasteiger partial charge is 0.410 e. The van der Waals surface area contributed by atoms with Gasteiger partial charge in [0.05, 0.1) is 5.60 Å². The third-order valence-corrected chi connectivity index (χ3v) is 4.06. The van der Waals surface area contributed by atoms with Gasteiger partial charge in [-0.3, -0.25) is 4.99 Å². The molecule has 1 aliphatic rings. The van der Waals surface area contributed by atoms with E-state index in [2.05, 4.69) is 29.5 Å². The molecule has 25 heavy (non-hydrogen) atoms. The zero-order valence-corrected chi connectivity index (χ0v) is 16.9. The van der Waals surface area contributed by atoms with Gasteiger partial charge < -0.3 is 25.0 Å². The number of ether oxygens (including phenoxy) is 2. The van der Waals surface area contributed by atoms with Crippen LogP contribution in [-0.2, 0) is 9.47 Å². The third kappa shape index (κ3) is 8.43. The van der Waals surface area contributed by atoms with Gasteiger partial charge in [-0.1, -0.05) is 6.92 Å². The summed E-state index contributed by atoms with van der Waals surface area (Å²) in [6, 6.07) is 0. The molecule has 0 spiro atoms. The number of nitrogens with one attached hydrogen (secondary N) is 2. The average Bonchev–Trinajstić information content (AvgIpc) is 2.92. The molecular weight excluding hydrogens is 320 g/mol. The summed E-state index contributed by atoms with van der Waals surface area (Å²) >= 11 is 0. The van der Waals surface area contributed by atoms with E-state index in [1.165, 1.54) is 0 Å². The van der Waals surface area contributed by atoms with Crippen molar-refractivity contribution in [3.05, 3.63) is 0 Å². The lowest BCUT2D eigenvalue weighted by atomic mass is 10.0. The van der Waals surface area contributed by atoms with E-state index in [9.17, 15) is 4.79 Å². The molecule has 7 nitrogen and oxygen atoms in total. The van der Waals surface area contributed by atoms with E-state index >= 15 is 0 Å². The minimum absolute atomic E-state index is 0.111. The first-order valence-corrected chi connectivity index (χ1v) is 9.07. The summed E-state index contributed by atoms with van der Waals surface area (Å²) < 4.78 is 11.1. The summed E-state index contributed by atoms with van der Waals surface area (Å²) in [5.41, 5.74) is -0.586. The van der Waals surface area contributed by atoms with Crippen LogP contribution in [0.4, 0.5) is 4.79 Å². The van der Waals surface area contributed by atoms with Gasteiger partial charge in [0.1, 0.15) is 5.60 Å². The van der Waals surface area contributed by atoms with Crippen LogP contribution in [-0.4, -0.2) is 68.5 Å². The molecule has 0 radical (unpaired) electrons. The lowest BCUT2D eigenvalue weighted by molar-refractivity contribution is 0.0240. The van der Waals surface area contributed by atoms with E-state index in [1.54, 1.807) is 19.0 Å². The molecule has 0 aromatic heterocycles. The van der Waals surface area contributed by atoms with E-state index in [4.69, 9.17) is 9.47 Å². The van der Waals surface area contributed by atoms with Crippen LogP contribution < -0.4 is 10.6 Å². The van der Waals surface area contributed by atoms with Gasteiger partial charge in [0, 0.05) is 40.3 Å². The summed E-state index contributed by atoms with van der Waals surface area (Å²) in [5, 5.41) is 6.63. The number of amides is 1. The Labute approximate surface area is 152 Å². The van der Waals surface area contributed by atoms with E-state index in [-0.39, 0.29) is 17.6 Å². The molecule has 0 saturated carbocycles. The fourth-order valence-electron chi connectivity index (χ4n) is 2.68. The van der Waals surface area contributed by atoms with Crippen LogP contribution >= 0.6 is 0 Å². The maximum absolute atomic E-state index is 12.0. The van der Waals surface area contributed by atoms with Gasteiger partial charge in [0.15, 0.2) is 5.96 Å². The van der Waals surface area contributed by atoms with Gasteiger partial charge in [0.2, 0.25) is 0 Å². The lowest BCUT2D eigenvalue weighted by Crippen LogP contribution is -2.47. The molecule has 7 heteroatoms. The minimum atomic E-state index is -0.475. The highest BCUT2D eigenvalue weighted by Crippen LogP contribution is 2.23. The zero-order chi connectivity index (χ0) is 19.1. The Balaban J connectivity index is 2.33. The monoisotopic (exact) mass is 356 g/mol. The van der Waals surface area contributed by atoms with Crippen molar-refractivity contribution in [3.8, 4) is 0 Å². The Morgan fingerprint density at radius 3 is 2.60 bits per heavy atom. The molecule has 0 aromatic rings. The molecule has 2 atom stereocenters. The topological polar surface area (TPSA) is 75.2 Å².